The fourth-order valence-corrected chi connectivity index (χ4v) is 2.37. The SMILES string of the molecule is C1CCC(CCCN2CC2)CC1. The Morgan fingerprint density at radius 3 is 2.42 bits per heavy atom. The number of rotatable bonds is 4. The van der Waals surface area contributed by atoms with Gasteiger partial charge >= 0.3 is 0 Å². The smallest absolute Gasteiger partial charge is 0.0110 e. The van der Waals surface area contributed by atoms with Gasteiger partial charge in [0, 0.05) is 13.1 Å². The average Bonchev–Trinajstić information content (AvgIpc) is 2.90. The first-order chi connectivity index (χ1) is 5.95. The van der Waals surface area contributed by atoms with Crippen LogP contribution in [0.15, 0.2) is 0 Å². The molecule has 2 rings (SSSR count). The minimum atomic E-state index is 1.10. The molecule has 1 heteroatoms. The third-order valence-corrected chi connectivity index (χ3v) is 3.35. The molecule has 0 amide bonds. The standard InChI is InChI=1S/C11H21N/c1-2-5-11(6-3-1)7-4-8-12-9-10-12/h11H,1-10H2. The molecule has 0 aromatic heterocycles. The molecule has 0 bridgehead atoms. The zero-order valence-corrected chi connectivity index (χ0v) is 8.10. The molecule has 1 heterocycles. The third-order valence-electron chi connectivity index (χ3n) is 3.35. The Labute approximate surface area is 76.1 Å². The van der Waals surface area contributed by atoms with Gasteiger partial charge in [0.25, 0.3) is 0 Å². The van der Waals surface area contributed by atoms with Crippen LogP contribution in [0.2, 0.25) is 0 Å². The Kier molecular flexibility index (Phi) is 3.04. The van der Waals surface area contributed by atoms with Gasteiger partial charge in [0.1, 0.15) is 0 Å². The molecule has 0 N–H and O–H groups in total. The van der Waals surface area contributed by atoms with E-state index >= 15 is 0 Å². The second kappa shape index (κ2) is 4.27. The first-order valence-electron chi connectivity index (χ1n) is 5.67. The van der Waals surface area contributed by atoms with Crippen molar-refractivity contribution in [1.29, 1.82) is 0 Å². The fourth-order valence-electron chi connectivity index (χ4n) is 2.37. The fraction of sp³-hybridized carbons (Fsp3) is 1.00. The molecule has 2 aliphatic rings. The zero-order chi connectivity index (χ0) is 8.23. The van der Waals surface area contributed by atoms with E-state index in [0.29, 0.717) is 0 Å². The van der Waals surface area contributed by atoms with Crippen LogP contribution >= 0.6 is 0 Å². The highest BCUT2D eigenvalue weighted by Gasteiger charge is 2.17. The van der Waals surface area contributed by atoms with E-state index in [-0.39, 0.29) is 0 Å². The van der Waals surface area contributed by atoms with Crippen molar-refractivity contribution in [2.45, 2.75) is 44.9 Å². The largest absolute Gasteiger partial charge is 0.301 e. The molecule has 0 aromatic rings. The van der Waals surface area contributed by atoms with Crippen molar-refractivity contribution in [3.05, 3.63) is 0 Å². The molecule has 70 valence electrons. The Hall–Kier alpha value is -0.0400. The molecule has 1 saturated carbocycles. The minimum Gasteiger partial charge on any atom is -0.301 e. The Bertz CT molecular complexity index is 123. The van der Waals surface area contributed by atoms with Crippen LogP contribution in [0.4, 0.5) is 0 Å². The number of hydrogen-bond donors (Lipinski definition) is 0. The lowest BCUT2D eigenvalue weighted by Crippen LogP contribution is -2.08. The van der Waals surface area contributed by atoms with Crippen LogP contribution in [0.1, 0.15) is 44.9 Å². The van der Waals surface area contributed by atoms with Crippen LogP contribution in [0, 0.1) is 5.92 Å². The molecule has 0 atom stereocenters. The highest BCUT2D eigenvalue weighted by molar-refractivity contribution is 4.73. The maximum atomic E-state index is 2.54. The quantitative estimate of drug-likeness (QED) is 0.582. The molecular weight excluding hydrogens is 146 g/mol. The van der Waals surface area contributed by atoms with Gasteiger partial charge in [-0.25, -0.2) is 0 Å². The summed E-state index contributed by atoms with van der Waals surface area (Å²) in [7, 11) is 0. The summed E-state index contributed by atoms with van der Waals surface area (Å²) in [6, 6.07) is 0. The predicted octanol–water partition coefficient (Wildman–Crippen LogP) is 2.66. The van der Waals surface area contributed by atoms with Crippen LogP contribution in [-0.4, -0.2) is 24.5 Å². The summed E-state index contributed by atoms with van der Waals surface area (Å²) in [5, 5.41) is 0. The van der Waals surface area contributed by atoms with Crippen molar-refractivity contribution < 1.29 is 0 Å². The van der Waals surface area contributed by atoms with Crippen LogP contribution in [-0.2, 0) is 0 Å². The normalized spacial score (nSPS) is 26.0. The van der Waals surface area contributed by atoms with E-state index in [1.54, 1.807) is 0 Å². The maximum Gasteiger partial charge on any atom is 0.0110 e. The van der Waals surface area contributed by atoms with Gasteiger partial charge in [-0.2, -0.15) is 0 Å². The summed E-state index contributed by atoms with van der Waals surface area (Å²) >= 11 is 0. The molecule has 12 heavy (non-hydrogen) atoms. The lowest BCUT2D eigenvalue weighted by atomic mass is 9.86. The lowest BCUT2D eigenvalue weighted by molar-refractivity contribution is 0.323. The van der Waals surface area contributed by atoms with E-state index in [4.69, 9.17) is 0 Å². The van der Waals surface area contributed by atoms with Gasteiger partial charge in [-0.3, -0.25) is 0 Å². The monoisotopic (exact) mass is 167 g/mol. The Balaban J connectivity index is 1.52. The summed E-state index contributed by atoms with van der Waals surface area (Å²) in [5.74, 6) is 1.10. The summed E-state index contributed by atoms with van der Waals surface area (Å²) < 4.78 is 0. The molecule has 0 radical (unpaired) electrons. The first kappa shape index (κ1) is 8.55. The van der Waals surface area contributed by atoms with E-state index in [2.05, 4.69) is 4.90 Å². The topological polar surface area (TPSA) is 3.01 Å². The zero-order valence-electron chi connectivity index (χ0n) is 8.10. The van der Waals surface area contributed by atoms with Crippen LogP contribution in [0.3, 0.4) is 0 Å². The van der Waals surface area contributed by atoms with Gasteiger partial charge in [0.2, 0.25) is 0 Å². The van der Waals surface area contributed by atoms with Crippen molar-refractivity contribution >= 4 is 0 Å². The van der Waals surface area contributed by atoms with Gasteiger partial charge in [-0.1, -0.05) is 32.1 Å². The second-order valence-corrected chi connectivity index (χ2v) is 4.49. The predicted molar refractivity (Wildman–Crippen MR) is 52.2 cm³/mol. The summed E-state index contributed by atoms with van der Waals surface area (Å²) in [4.78, 5) is 2.54. The molecule has 1 aliphatic heterocycles. The molecule has 2 fully saturated rings. The van der Waals surface area contributed by atoms with Gasteiger partial charge < -0.3 is 4.90 Å². The number of nitrogens with zero attached hydrogens (tertiary/aromatic N) is 1. The van der Waals surface area contributed by atoms with E-state index in [1.807, 2.05) is 0 Å². The van der Waals surface area contributed by atoms with Gasteiger partial charge in [0.05, 0.1) is 0 Å². The highest BCUT2D eigenvalue weighted by atomic mass is 15.2. The van der Waals surface area contributed by atoms with Crippen molar-refractivity contribution in [3.63, 3.8) is 0 Å². The van der Waals surface area contributed by atoms with Crippen LogP contribution in [0.25, 0.3) is 0 Å². The minimum absolute atomic E-state index is 1.10. The lowest BCUT2D eigenvalue weighted by Gasteiger charge is -2.21. The molecule has 0 aromatic carbocycles. The Morgan fingerprint density at radius 1 is 1.00 bits per heavy atom. The van der Waals surface area contributed by atoms with Gasteiger partial charge in [-0.05, 0) is 25.3 Å². The van der Waals surface area contributed by atoms with E-state index < -0.39 is 0 Å². The third kappa shape index (κ3) is 2.78. The molecule has 0 unspecified atom stereocenters. The summed E-state index contributed by atoms with van der Waals surface area (Å²) in [5.41, 5.74) is 0. The van der Waals surface area contributed by atoms with Crippen molar-refractivity contribution in [2.75, 3.05) is 19.6 Å². The first-order valence-corrected chi connectivity index (χ1v) is 5.67. The van der Waals surface area contributed by atoms with Crippen LogP contribution in [0.5, 0.6) is 0 Å². The van der Waals surface area contributed by atoms with Crippen molar-refractivity contribution in [2.24, 2.45) is 5.92 Å². The number of hydrogen-bond acceptors (Lipinski definition) is 1. The molecule has 0 spiro atoms. The molecule has 1 nitrogen and oxygen atoms in total. The maximum absolute atomic E-state index is 2.54. The van der Waals surface area contributed by atoms with Gasteiger partial charge in [-0.15, -0.1) is 0 Å². The van der Waals surface area contributed by atoms with Gasteiger partial charge in [0.15, 0.2) is 0 Å². The average molecular weight is 167 g/mol. The van der Waals surface area contributed by atoms with Crippen molar-refractivity contribution in [1.82, 2.24) is 4.90 Å². The van der Waals surface area contributed by atoms with E-state index in [0.717, 1.165) is 5.92 Å². The highest BCUT2D eigenvalue weighted by Crippen LogP contribution is 2.27. The molecular formula is C11H21N. The van der Waals surface area contributed by atoms with E-state index in [1.165, 1.54) is 64.6 Å². The molecule has 1 saturated heterocycles. The van der Waals surface area contributed by atoms with Crippen LogP contribution < -0.4 is 0 Å². The second-order valence-electron chi connectivity index (χ2n) is 4.49. The molecule has 1 aliphatic carbocycles. The van der Waals surface area contributed by atoms with Crippen molar-refractivity contribution in [3.8, 4) is 0 Å². The summed E-state index contributed by atoms with van der Waals surface area (Å²) in [6.45, 7) is 4.14. The summed E-state index contributed by atoms with van der Waals surface area (Å²) in [6.07, 6.45) is 10.5. The van der Waals surface area contributed by atoms with E-state index in [9.17, 15) is 0 Å². The Morgan fingerprint density at radius 2 is 1.75 bits per heavy atom.